The monoisotopic (exact) mass is 519 g/mol. The smallest absolute Gasteiger partial charge is 0.191 e. The van der Waals surface area contributed by atoms with Crippen LogP contribution < -0.4 is 10.6 Å². The first-order valence-electron chi connectivity index (χ1n) is 9.27. The summed E-state index contributed by atoms with van der Waals surface area (Å²) in [5.41, 5.74) is 4.54. The Morgan fingerprint density at radius 2 is 1.93 bits per heavy atom. The Morgan fingerprint density at radius 3 is 2.79 bits per heavy atom. The van der Waals surface area contributed by atoms with Crippen molar-refractivity contribution in [1.82, 2.24) is 20.6 Å². The quantitative estimate of drug-likeness (QED) is 0.200. The number of para-hydroxylation sites is 1. The molecule has 29 heavy (non-hydrogen) atoms. The van der Waals surface area contributed by atoms with Crippen molar-refractivity contribution >= 4 is 63.3 Å². The van der Waals surface area contributed by atoms with E-state index in [1.165, 1.54) is 16.5 Å². The van der Waals surface area contributed by atoms with Crippen molar-refractivity contribution in [3.8, 4) is 0 Å². The number of rotatable bonds is 5. The molecular weight excluding hydrogens is 497 g/mol. The van der Waals surface area contributed by atoms with Gasteiger partial charge in [0.25, 0.3) is 0 Å². The van der Waals surface area contributed by atoms with Crippen molar-refractivity contribution in [2.75, 3.05) is 13.6 Å². The third-order valence-corrected chi connectivity index (χ3v) is 5.06. The maximum absolute atomic E-state index is 6.13. The molecule has 0 aliphatic rings. The predicted octanol–water partition coefficient (Wildman–Crippen LogP) is 4.90. The van der Waals surface area contributed by atoms with Crippen LogP contribution in [-0.4, -0.2) is 29.5 Å². The summed E-state index contributed by atoms with van der Waals surface area (Å²) in [6.45, 7) is 1.46. The van der Waals surface area contributed by atoms with Crippen molar-refractivity contribution in [1.29, 1.82) is 0 Å². The summed E-state index contributed by atoms with van der Waals surface area (Å²) in [4.78, 5) is 12.0. The van der Waals surface area contributed by atoms with Crippen molar-refractivity contribution in [3.05, 3.63) is 77.1 Å². The number of hydrogen-bond donors (Lipinski definition) is 3. The number of fused-ring (bicyclic) bond motifs is 2. The summed E-state index contributed by atoms with van der Waals surface area (Å²) in [5.74, 6) is 0.777. The third kappa shape index (κ3) is 5.00. The molecule has 0 saturated heterocycles. The molecular formula is C22H23ClIN5. The van der Waals surface area contributed by atoms with Gasteiger partial charge in [-0.3, -0.25) is 9.98 Å². The topological polar surface area (TPSA) is 65.1 Å². The minimum atomic E-state index is 0. The molecule has 0 atom stereocenters. The second kappa shape index (κ2) is 9.93. The van der Waals surface area contributed by atoms with Crippen LogP contribution in [0.1, 0.15) is 11.1 Å². The summed E-state index contributed by atoms with van der Waals surface area (Å²) in [7, 11) is 1.78. The molecule has 0 saturated carbocycles. The SMILES string of the molecule is CN=C(NCCc1c[nH]c2ccc(Cl)cc12)NCc1ccnc2ccccc12.I. The lowest BCUT2D eigenvalue weighted by Crippen LogP contribution is -2.37. The first-order valence-corrected chi connectivity index (χ1v) is 9.65. The van der Waals surface area contributed by atoms with Crippen LogP contribution in [0.15, 0.2) is 65.9 Å². The minimum absolute atomic E-state index is 0. The first-order chi connectivity index (χ1) is 13.7. The molecule has 0 aliphatic heterocycles. The average Bonchev–Trinajstić information content (AvgIpc) is 3.12. The first kappa shape index (κ1) is 21.4. The lowest BCUT2D eigenvalue weighted by atomic mass is 10.1. The number of benzene rings is 2. The summed E-state index contributed by atoms with van der Waals surface area (Å²) in [6.07, 6.45) is 4.76. The van der Waals surface area contributed by atoms with E-state index in [1.54, 1.807) is 7.05 Å². The molecule has 0 radical (unpaired) electrons. The summed E-state index contributed by atoms with van der Waals surface area (Å²) in [6, 6.07) is 16.1. The van der Waals surface area contributed by atoms with Gasteiger partial charge in [0, 0.05) is 53.8 Å². The zero-order valence-corrected chi connectivity index (χ0v) is 19.2. The zero-order chi connectivity index (χ0) is 19.3. The molecule has 2 heterocycles. The third-order valence-electron chi connectivity index (χ3n) is 4.83. The molecule has 7 heteroatoms. The van der Waals surface area contributed by atoms with E-state index >= 15 is 0 Å². The average molecular weight is 520 g/mol. The lowest BCUT2D eigenvalue weighted by Gasteiger charge is -2.13. The van der Waals surface area contributed by atoms with Gasteiger partial charge in [-0.1, -0.05) is 29.8 Å². The van der Waals surface area contributed by atoms with Crippen molar-refractivity contribution in [2.24, 2.45) is 4.99 Å². The zero-order valence-electron chi connectivity index (χ0n) is 16.1. The Morgan fingerprint density at radius 1 is 1.07 bits per heavy atom. The lowest BCUT2D eigenvalue weighted by molar-refractivity contribution is 0.798. The molecule has 0 spiro atoms. The molecule has 0 fully saturated rings. The van der Waals surface area contributed by atoms with Gasteiger partial charge in [0.15, 0.2) is 5.96 Å². The van der Waals surface area contributed by atoms with Crippen LogP contribution in [0.3, 0.4) is 0 Å². The number of aliphatic imine (C=N–C) groups is 1. The van der Waals surface area contributed by atoms with Gasteiger partial charge in [-0.2, -0.15) is 0 Å². The number of nitrogens with zero attached hydrogens (tertiary/aromatic N) is 2. The second-order valence-electron chi connectivity index (χ2n) is 6.59. The molecule has 150 valence electrons. The van der Waals surface area contributed by atoms with Crippen LogP contribution in [0, 0.1) is 0 Å². The van der Waals surface area contributed by atoms with Gasteiger partial charge >= 0.3 is 0 Å². The number of halogens is 2. The van der Waals surface area contributed by atoms with Crippen LogP contribution in [0.5, 0.6) is 0 Å². The standard InChI is InChI=1S/C22H22ClN5.HI/c1-24-22(28-14-15-8-10-25-20-5-3-2-4-18(15)20)26-11-9-16-13-27-21-7-6-17(23)12-19(16)21;/h2-8,10,12-13,27H,9,11,14H2,1H3,(H2,24,26,28);1H. The molecule has 0 amide bonds. The number of aromatic amines is 1. The highest BCUT2D eigenvalue weighted by molar-refractivity contribution is 14.0. The van der Waals surface area contributed by atoms with Crippen LogP contribution in [0.4, 0.5) is 0 Å². The Kier molecular flexibility index (Phi) is 7.33. The normalized spacial score (nSPS) is 11.4. The maximum atomic E-state index is 6.13. The van der Waals surface area contributed by atoms with E-state index in [1.807, 2.05) is 54.9 Å². The fraction of sp³-hybridized carbons (Fsp3) is 0.182. The number of H-pyrrole nitrogens is 1. The molecule has 0 bridgehead atoms. The van der Waals surface area contributed by atoms with Gasteiger partial charge in [0.05, 0.1) is 5.52 Å². The molecule has 4 aromatic rings. The number of pyridine rings is 1. The van der Waals surface area contributed by atoms with Gasteiger partial charge in [-0.25, -0.2) is 0 Å². The van der Waals surface area contributed by atoms with Crippen molar-refractivity contribution < 1.29 is 0 Å². The van der Waals surface area contributed by atoms with E-state index in [2.05, 4.69) is 31.7 Å². The molecule has 4 rings (SSSR count). The van der Waals surface area contributed by atoms with E-state index in [9.17, 15) is 0 Å². The number of hydrogen-bond acceptors (Lipinski definition) is 2. The molecule has 2 aromatic heterocycles. The number of nitrogens with one attached hydrogen (secondary N) is 3. The Balaban J connectivity index is 0.00000240. The van der Waals surface area contributed by atoms with Gasteiger partial charge in [-0.15, -0.1) is 24.0 Å². The molecule has 0 aliphatic carbocycles. The van der Waals surface area contributed by atoms with Gasteiger partial charge in [-0.05, 0) is 47.9 Å². The fourth-order valence-electron chi connectivity index (χ4n) is 3.38. The largest absolute Gasteiger partial charge is 0.361 e. The minimum Gasteiger partial charge on any atom is -0.361 e. The fourth-order valence-corrected chi connectivity index (χ4v) is 3.55. The summed E-state index contributed by atoms with van der Waals surface area (Å²) >= 11 is 6.13. The summed E-state index contributed by atoms with van der Waals surface area (Å²) < 4.78 is 0. The molecule has 3 N–H and O–H groups in total. The van der Waals surface area contributed by atoms with Gasteiger partial charge < -0.3 is 15.6 Å². The Hall–Kier alpha value is -2.32. The van der Waals surface area contributed by atoms with Crippen molar-refractivity contribution in [3.63, 3.8) is 0 Å². The van der Waals surface area contributed by atoms with Crippen LogP contribution >= 0.6 is 35.6 Å². The van der Waals surface area contributed by atoms with Crippen LogP contribution in [0.25, 0.3) is 21.8 Å². The number of aromatic nitrogens is 2. The van der Waals surface area contributed by atoms with Crippen molar-refractivity contribution in [2.45, 2.75) is 13.0 Å². The second-order valence-corrected chi connectivity index (χ2v) is 7.03. The van der Waals surface area contributed by atoms with Crippen LogP contribution in [0.2, 0.25) is 5.02 Å². The molecule has 5 nitrogen and oxygen atoms in total. The number of guanidine groups is 1. The maximum Gasteiger partial charge on any atom is 0.191 e. The Labute approximate surface area is 192 Å². The highest BCUT2D eigenvalue weighted by Gasteiger charge is 2.06. The highest BCUT2D eigenvalue weighted by Crippen LogP contribution is 2.22. The van der Waals surface area contributed by atoms with Gasteiger partial charge in [0.2, 0.25) is 0 Å². The molecule has 0 unspecified atom stereocenters. The summed E-state index contributed by atoms with van der Waals surface area (Å²) in [5, 5.41) is 9.84. The van der Waals surface area contributed by atoms with E-state index in [0.717, 1.165) is 40.4 Å². The predicted molar refractivity (Wildman–Crippen MR) is 132 cm³/mol. The Bertz CT molecular complexity index is 1130. The van der Waals surface area contributed by atoms with E-state index < -0.39 is 0 Å². The van der Waals surface area contributed by atoms with E-state index in [0.29, 0.717) is 6.54 Å². The van der Waals surface area contributed by atoms with E-state index in [4.69, 9.17) is 11.6 Å². The van der Waals surface area contributed by atoms with E-state index in [-0.39, 0.29) is 24.0 Å². The molecule has 2 aromatic carbocycles. The van der Waals surface area contributed by atoms with Gasteiger partial charge in [0.1, 0.15) is 0 Å². The van der Waals surface area contributed by atoms with Crippen LogP contribution in [-0.2, 0) is 13.0 Å². The highest BCUT2D eigenvalue weighted by atomic mass is 127.